The number of piperazine rings is 1. The summed E-state index contributed by atoms with van der Waals surface area (Å²) < 4.78 is 5.16. The summed E-state index contributed by atoms with van der Waals surface area (Å²) in [6.07, 6.45) is 1.02. The van der Waals surface area contributed by atoms with E-state index < -0.39 is 0 Å². The minimum Gasteiger partial charge on any atom is -0.495 e. The Morgan fingerprint density at radius 3 is 3.00 bits per heavy atom. The molecule has 1 N–H and O–H groups in total. The van der Waals surface area contributed by atoms with E-state index >= 15 is 0 Å². The van der Waals surface area contributed by atoms with Gasteiger partial charge in [0.1, 0.15) is 5.75 Å². The van der Waals surface area contributed by atoms with Gasteiger partial charge in [0, 0.05) is 25.7 Å². The van der Waals surface area contributed by atoms with Crippen LogP contribution in [0.3, 0.4) is 0 Å². The van der Waals surface area contributed by atoms with Crippen molar-refractivity contribution in [2.24, 2.45) is 0 Å². The minimum atomic E-state index is 0.549. The summed E-state index contributed by atoms with van der Waals surface area (Å²) in [7, 11) is 3.82. The Labute approximate surface area is 108 Å². The maximum Gasteiger partial charge on any atom is 0.137 e. The van der Waals surface area contributed by atoms with Gasteiger partial charge in [-0.2, -0.15) is 0 Å². The standard InChI is InChI=1S/C13H19ClN2O/c1-16-6-5-15-9-11(16)7-10-3-4-13(17-2)12(14)8-10/h3-4,8,11,15H,5-7,9H2,1-2H3. The molecule has 1 aromatic rings. The van der Waals surface area contributed by atoms with Gasteiger partial charge >= 0.3 is 0 Å². The van der Waals surface area contributed by atoms with E-state index in [1.165, 1.54) is 5.56 Å². The van der Waals surface area contributed by atoms with Gasteiger partial charge < -0.3 is 15.0 Å². The molecular weight excluding hydrogens is 236 g/mol. The van der Waals surface area contributed by atoms with E-state index in [9.17, 15) is 0 Å². The molecule has 1 aliphatic heterocycles. The number of benzene rings is 1. The summed E-state index contributed by atoms with van der Waals surface area (Å²) in [5.74, 6) is 0.741. The molecule has 3 nitrogen and oxygen atoms in total. The smallest absolute Gasteiger partial charge is 0.137 e. The van der Waals surface area contributed by atoms with Gasteiger partial charge in [-0.3, -0.25) is 0 Å². The summed E-state index contributed by atoms with van der Waals surface area (Å²) in [4.78, 5) is 2.40. The van der Waals surface area contributed by atoms with Gasteiger partial charge in [-0.15, -0.1) is 0 Å². The molecule has 1 atom stereocenters. The normalized spacial score (nSPS) is 21.5. The zero-order valence-electron chi connectivity index (χ0n) is 10.4. The van der Waals surface area contributed by atoms with Gasteiger partial charge in [0.05, 0.1) is 12.1 Å². The fourth-order valence-corrected chi connectivity index (χ4v) is 2.48. The van der Waals surface area contributed by atoms with Gasteiger partial charge in [-0.25, -0.2) is 0 Å². The molecule has 0 radical (unpaired) electrons. The molecule has 1 saturated heterocycles. The first kappa shape index (κ1) is 12.7. The predicted molar refractivity (Wildman–Crippen MR) is 71.0 cm³/mol. The topological polar surface area (TPSA) is 24.5 Å². The second kappa shape index (κ2) is 5.71. The van der Waals surface area contributed by atoms with Crippen LogP contribution in [-0.4, -0.2) is 44.7 Å². The second-order valence-corrected chi connectivity index (χ2v) is 4.92. The van der Waals surface area contributed by atoms with Crippen molar-refractivity contribution in [3.8, 4) is 5.75 Å². The van der Waals surface area contributed by atoms with Crippen LogP contribution < -0.4 is 10.1 Å². The molecule has 0 aliphatic carbocycles. The summed E-state index contributed by atoms with van der Waals surface area (Å²) in [5, 5.41) is 4.11. The van der Waals surface area contributed by atoms with Gasteiger partial charge in [-0.1, -0.05) is 17.7 Å². The number of hydrogen-bond acceptors (Lipinski definition) is 3. The fraction of sp³-hybridized carbons (Fsp3) is 0.538. The third kappa shape index (κ3) is 3.12. The Bertz CT molecular complexity index is 384. The van der Waals surface area contributed by atoms with Crippen LogP contribution in [0.25, 0.3) is 0 Å². The molecule has 1 aliphatic rings. The van der Waals surface area contributed by atoms with Crippen molar-refractivity contribution < 1.29 is 4.74 Å². The highest BCUT2D eigenvalue weighted by atomic mass is 35.5. The summed E-state index contributed by atoms with van der Waals surface area (Å²) in [6, 6.07) is 6.58. The summed E-state index contributed by atoms with van der Waals surface area (Å²) in [6.45, 7) is 3.23. The number of hydrogen-bond donors (Lipinski definition) is 1. The van der Waals surface area contributed by atoms with Crippen molar-refractivity contribution in [2.45, 2.75) is 12.5 Å². The molecule has 0 spiro atoms. The third-order valence-electron chi connectivity index (χ3n) is 3.33. The van der Waals surface area contributed by atoms with Crippen LogP contribution in [0.4, 0.5) is 0 Å². The first-order chi connectivity index (χ1) is 8.20. The van der Waals surface area contributed by atoms with Crippen molar-refractivity contribution >= 4 is 11.6 Å². The molecule has 1 aromatic carbocycles. The van der Waals surface area contributed by atoms with Crippen LogP contribution in [0.1, 0.15) is 5.56 Å². The predicted octanol–water partition coefficient (Wildman–Crippen LogP) is 1.79. The number of nitrogens with zero attached hydrogens (tertiary/aromatic N) is 1. The van der Waals surface area contributed by atoms with E-state index in [4.69, 9.17) is 16.3 Å². The van der Waals surface area contributed by atoms with Crippen molar-refractivity contribution in [3.05, 3.63) is 28.8 Å². The molecular formula is C13H19ClN2O. The largest absolute Gasteiger partial charge is 0.495 e. The van der Waals surface area contributed by atoms with E-state index in [1.807, 2.05) is 12.1 Å². The van der Waals surface area contributed by atoms with Crippen LogP contribution in [0.5, 0.6) is 5.75 Å². The van der Waals surface area contributed by atoms with Crippen LogP contribution >= 0.6 is 11.6 Å². The van der Waals surface area contributed by atoms with Crippen molar-refractivity contribution in [1.29, 1.82) is 0 Å². The van der Waals surface area contributed by atoms with Crippen LogP contribution in [-0.2, 0) is 6.42 Å². The molecule has 0 aromatic heterocycles. The molecule has 4 heteroatoms. The molecule has 0 amide bonds. The van der Waals surface area contributed by atoms with Crippen LogP contribution in [0.2, 0.25) is 5.02 Å². The molecule has 1 fully saturated rings. The van der Waals surface area contributed by atoms with Gasteiger partial charge in [0.25, 0.3) is 0 Å². The van der Waals surface area contributed by atoms with E-state index in [1.54, 1.807) is 7.11 Å². The Morgan fingerprint density at radius 1 is 1.53 bits per heavy atom. The lowest BCUT2D eigenvalue weighted by molar-refractivity contribution is 0.199. The number of likely N-dealkylation sites (N-methyl/N-ethyl adjacent to an activating group) is 1. The number of ether oxygens (including phenoxy) is 1. The molecule has 0 bridgehead atoms. The van der Waals surface area contributed by atoms with E-state index in [-0.39, 0.29) is 0 Å². The highest BCUT2D eigenvalue weighted by Gasteiger charge is 2.18. The monoisotopic (exact) mass is 254 g/mol. The summed E-state index contributed by atoms with van der Waals surface area (Å²) in [5.41, 5.74) is 1.26. The number of rotatable bonds is 3. The third-order valence-corrected chi connectivity index (χ3v) is 3.63. The van der Waals surface area contributed by atoms with Crippen molar-refractivity contribution in [2.75, 3.05) is 33.8 Å². The molecule has 17 heavy (non-hydrogen) atoms. The van der Waals surface area contributed by atoms with E-state index in [0.29, 0.717) is 11.1 Å². The highest BCUT2D eigenvalue weighted by molar-refractivity contribution is 6.32. The molecule has 0 saturated carbocycles. The Hall–Kier alpha value is -0.770. The minimum absolute atomic E-state index is 0.549. The Morgan fingerprint density at radius 2 is 2.35 bits per heavy atom. The second-order valence-electron chi connectivity index (χ2n) is 4.51. The van der Waals surface area contributed by atoms with Gasteiger partial charge in [0.2, 0.25) is 0 Å². The maximum atomic E-state index is 6.13. The zero-order valence-corrected chi connectivity index (χ0v) is 11.1. The zero-order chi connectivity index (χ0) is 12.3. The Kier molecular flexibility index (Phi) is 4.26. The molecule has 1 heterocycles. The molecule has 2 rings (SSSR count). The van der Waals surface area contributed by atoms with Crippen molar-refractivity contribution in [1.82, 2.24) is 10.2 Å². The van der Waals surface area contributed by atoms with Gasteiger partial charge in [-0.05, 0) is 31.2 Å². The average molecular weight is 255 g/mol. The quantitative estimate of drug-likeness (QED) is 0.890. The van der Waals surface area contributed by atoms with Gasteiger partial charge in [0.15, 0.2) is 0 Å². The maximum absolute atomic E-state index is 6.13. The van der Waals surface area contributed by atoms with Crippen LogP contribution in [0.15, 0.2) is 18.2 Å². The molecule has 94 valence electrons. The lowest BCUT2D eigenvalue weighted by Gasteiger charge is -2.33. The number of methoxy groups -OCH3 is 1. The average Bonchev–Trinajstić information content (AvgIpc) is 2.32. The SMILES string of the molecule is COc1ccc(CC2CNCCN2C)cc1Cl. The first-order valence-corrected chi connectivity index (χ1v) is 6.32. The number of nitrogens with one attached hydrogen (secondary N) is 1. The lowest BCUT2D eigenvalue weighted by Crippen LogP contribution is -2.50. The first-order valence-electron chi connectivity index (χ1n) is 5.94. The van der Waals surface area contributed by atoms with E-state index in [0.717, 1.165) is 31.8 Å². The van der Waals surface area contributed by atoms with E-state index in [2.05, 4.69) is 23.3 Å². The summed E-state index contributed by atoms with van der Waals surface area (Å²) >= 11 is 6.13. The lowest BCUT2D eigenvalue weighted by atomic mass is 10.0. The van der Waals surface area contributed by atoms with Crippen molar-refractivity contribution in [3.63, 3.8) is 0 Å². The fourth-order valence-electron chi connectivity index (χ4n) is 2.20. The van der Waals surface area contributed by atoms with Crippen LogP contribution in [0, 0.1) is 0 Å². The molecule has 1 unspecified atom stereocenters. The number of halogens is 1. The Balaban J connectivity index is 2.05. The highest BCUT2D eigenvalue weighted by Crippen LogP contribution is 2.25.